The lowest BCUT2D eigenvalue weighted by Gasteiger charge is -2.15. The molecule has 0 saturated carbocycles. The molecule has 0 aliphatic carbocycles. The number of thioether (sulfide) groups is 1. The lowest BCUT2D eigenvalue weighted by molar-refractivity contribution is -0.119. The first-order chi connectivity index (χ1) is 13.4. The van der Waals surface area contributed by atoms with E-state index in [2.05, 4.69) is 53.6 Å². The maximum atomic E-state index is 12.3. The molecule has 3 aromatic rings. The first-order valence-corrected chi connectivity index (χ1v) is 10.3. The summed E-state index contributed by atoms with van der Waals surface area (Å²) in [7, 11) is 0. The Kier molecular flexibility index (Phi) is 6.57. The van der Waals surface area contributed by atoms with Gasteiger partial charge < -0.3 is 14.2 Å². The molecule has 3 rings (SSSR count). The summed E-state index contributed by atoms with van der Waals surface area (Å²) in [6, 6.07) is 10.1. The normalized spacial score (nSPS) is 12.3. The molecule has 1 N–H and O–H groups in total. The lowest BCUT2D eigenvalue weighted by atomic mass is 10.00. The third kappa shape index (κ3) is 5.25. The summed E-state index contributed by atoms with van der Waals surface area (Å²) < 4.78 is 10.8. The van der Waals surface area contributed by atoms with Crippen molar-refractivity contribution in [3.05, 3.63) is 53.5 Å². The second-order valence-electron chi connectivity index (χ2n) is 7.18. The Balaban J connectivity index is 1.50. The number of aromatic nitrogens is 2. The number of aryl methyl sites for hydroxylation is 1. The van der Waals surface area contributed by atoms with Crippen LogP contribution in [0, 0.1) is 12.8 Å². The van der Waals surface area contributed by atoms with Gasteiger partial charge in [0.05, 0.1) is 23.6 Å². The number of rotatable bonds is 8. The molecule has 7 heteroatoms. The molecule has 0 unspecified atom stereocenters. The van der Waals surface area contributed by atoms with Crippen LogP contribution in [0.1, 0.15) is 43.7 Å². The van der Waals surface area contributed by atoms with Crippen LogP contribution < -0.4 is 5.32 Å². The molecule has 0 radical (unpaired) electrons. The average Bonchev–Trinajstić information content (AvgIpc) is 3.28. The van der Waals surface area contributed by atoms with E-state index in [1.165, 1.54) is 17.3 Å². The zero-order valence-corrected chi connectivity index (χ0v) is 17.4. The molecule has 148 valence electrons. The summed E-state index contributed by atoms with van der Waals surface area (Å²) in [4.78, 5) is 12.3. The van der Waals surface area contributed by atoms with E-state index in [1.807, 2.05) is 13.8 Å². The van der Waals surface area contributed by atoms with Crippen LogP contribution in [0.15, 0.2) is 50.7 Å². The van der Waals surface area contributed by atoms with E-state index >= 15 is 0 Å². The van der Waals surface area contributed by atoms with Crippen LogP contribution in [0.4, 0.5) is 0 Å². The molecule has 1 aromatic carbocycles. The van der Waals surface area contributed by atoms with E-state index in [9.17, 15) is 4.79 Å². The van der Waals surface area contributed by atoms with E-state index in [1.54, 1.807) is 12.3 Å². The molecular formula is C21H25N3O3S. The molecule has 0 spiro atoms. The quantitative estimate of drug-likeness (QED) is 0.548. The first-order valence-electron chi connectivity index (χ1n) is 9.31. The number of benzene rings is 1. The van der Waals surface area contributed by atoms with Gasteiger partial charge >= 0.3 is 0 Å². The molecule has 6 nitrogen and oxygen atoms in total. The minimum absolute atomic E-state index is 0.0620. The van der Waals surface area contributed by atoms with Crippen LogP contribution in [-0.4, -0.2) is 21.9 Å². The van der Waals surface area contributed by atoms with Crippen molar-refractivity contribution in [3.8, 4) is 11.5 Å². The van der Waals surface area contributed by atoms with Gasteiger partial charge in [0.2, 0.25) is 5.91 Å². The van der Waals surface area contributed by atoms with Crippen molar-refractivity contribution in [2.45, 2.75) is 45.4 Å². The molecule has 1 amide bonds. The number of hydrogen-bond acceptors (Lipinski definition) is 6. The minimum Gasteiger partial charge on any atom is -0.469 e. The van der Waals surface area contributed by atoms with E-state index in [4.69, 9.17) is 8.83 Å². The van der Waals surface area contributed by atoms with Crippen LogP contribution in [0.25, 0.3) is 11.5 Å². The van der Waals surface area contributed by atoms with Crippen molar-refractivity contribution in [3.63, 3.8) is 0 Å². The summed E-state index contributed by atoms with van der Waals surface area (Å²) in [6.07, 6.45) is 2.63. The zero-order valence-electron chi connectivity index (χ0n) is 16.6. The lowest BCUT2D eigenvalue weighted by Crippen LogP contribution is -2.28. The van der Waals surface area contributed by atoms with Gasteiger partial charge in [0.25, 0.3) is 11.1 Å². The highest BCUT2D eigenvalue weighted by Gasteiger charge is 2.15. The highest BCUT2D eigenvalue weighted by Crippen LogP contribution is 2.26. The highest BCUT2D eigenvalue weighted by molar-refractivity contribution is 7.99. The number of furan rings is 1. The Morgan fingerprint density at radius 1 is 1.14 bits per heavy atom. The van der Waals surface area contributed by atoms with Gasteiger partial charge in [-0.3, -0.25) is 4.79 Å². The molecule has 0 fully saturated rings. The third-order valence-corrected chi connectivity index (χ3v) is 5.14. The number of carbonyl (C=O) groups is 1. The van der Waals surface area contributed by atoms with E-state index < -0.39 is 0 Å². The topological polar surface area (TPSA) is 81.2 Å². The SMILES string of the molecule is Cc1occc1-c1nnc(SCC(=O)N[C@H](C)c2ccc(CC(C)C)cc2)o1. The number of nitrogens with zero attached hydrogens (tertiary/aromatic N) is 2. The van der Waals surface area contributed by atoms with Crippen LogP contribution in [0.2, 0.25) is 0 Å². The molecule has 2 aromatic heterocycles. The number of amides is 1. The molecule has 0 saturated heterocycles. The minimum atomic E-state index is -0.0806. The molecule has 0 aliphatic rings. The van der Waals surface area contributed by atoms with E-state index in [0.717, 1.165) is 17.5 Å². The number of nitrogens with one attached hydrogen (secondary N) is 1. The van der Waals surface area contributed by atoms with E-state index in [0.29, 0.717) is 22.8 Å². The maximum Gasteiger partial charge on any atom is 0.277 e. The first kappa shape index (κ1) is 20.2. The molecular weight excluding hydrogens is 374 g/mol. The third-order valence-electron chi connectivity index (χ3n) is 4.32. The Labute approximate surface area is 169 Å². The van der Waals surface area contributed by atoms with Crippen LogP contribution in [0.3, 0.4) is 0 Å². The van der Waals surface area contributed by atoms with Gasteiger partial charge in [-0.2, -0.15) is 0 Å². The fraction of sp³-hybridized carbons (Fsp3) is 0.381. The summed E-state index contributed by atoms with van der Waals surface area (Å²) in [5, 5.41) is 11.3. The predicted molar refractivity (Wildman–Crippen MR) is 109 cm³/mol. The zero-order chi connectivity index (χ0) is 20.1. The van der Waals surface area contributed by atoms with Crippen molar-refractivity contribution in [2.24, 2.45) is 5.92 Å². The molecule has 0 bridgehead atoms. The molecule has 28 heavy (non-hydrogen) atoms. The van der Waals surface area contributed by atoms with Crippen molar-refractivity contribution < 1.29 is 13.6 Å². The summed E-state index contributed by atoms with van der Waals surface area (Å²) in [6.45, 7) is 8.22. The molecule has 0 aliphatic heterocycles. The van der Waals surface area contributed by atoms with Crippen molar-refractivity contribution in [1.82, 2.24) is 15.5 Å². The van der Waals surface area contributed by atoms with Gasteiger partial charge in [-0.15, -0.1) is 10.2 Å². The van der Waals surface area contributed by atoms with Crippen LogP contribution in [0.5, 0.6) is 0 Å². The summed E-state index contributed by atoms with van der Waals surface area (Å²) in [5.74, 6) is 1.86. The Morgan fingerprint density at radius 2 is 1.89 bits per heavy atom. The Morgan fingerprint density at radius 3 is 2.54 bits per heavy atom. The summed E-state index contributed by atoms with van der Waals surface area (Å²) in [5.41, 5.74) is 3.16. The van der Waals surface area contributed by atoms with Gasteiger partial charge in [0.1, 0.15) is 5.76 Å². The fourth-order valence-electron chi connectivity index (χ4n) is 2.89. The summed E-state index contributed by atoms with van der Waals surface area (Å²) >= 11 is 1.22. The Hall–Kier alpha value is -2.54. The van der Waals surface area contributed by atoms with Crippen molar-refractivity contribution in [2.75, 3.05) is 5.75 Å². The van der Waals surface area contributed by atoms with Crippen LogP contribution in [-0.2, 0) is 11.2 Å². The monoisotopic (exact) mass is 399 g/mol. The Bertz CT molecular complexity index is 915. The van der Waals surface area contributed by atoms with Crippen molar-refractivity contribution in [1.29, 1.82) is 0 Å². The number of carbonyl (C=O) groups excluding carboxylic acids is 1. The average molecular weight is 400 g/mol. The molecule has 2 heterocycles. The van der Waals surface area contributed by atoms with Gasteiger partial charge in [0.15, 0.2) is 0 Å². The van der Waals surface area contributed by atoms with E-state index in [-0.39, 0.29) is 17.7 Å². The second-order valence-corrected chi connectivity index (χ2v) is 8.11. The van der Waals surface area contributed by atoms with Crippen molar-refractivity contribution >= 4 is 17.7 Å². The number of hydrogen-bond donors (Lipinski definition) is 1. The van der Waals surface area contributed by atoms with Gasteiger partial charge in [-0.25, -0.2) is 0 Å². The molecule has 1 atom stereocenters. The highest BCUT2D eigenvalue weighted by atomic mass is 32.2. The van der Waals surface area contributed by atoms with Gasteiger partial charge in [0, 0.05) is 0 Å². The second kappa shape index (κ2) is 9.10. The largest absolute Gasteiger partial charge is 0.469 e. The maximum absolute atomic E-state index is 12.3. The fourth-order valence-corrected chi connectivity index (χ4v) is 3.47. The van der Waals surface area contributed by atoms with Gasteiger partial charge in [-0.1, -0.05) is 49.9 Å². The smallest absolute Gasteiger partial charge is 0.277 e. The standard InChI is InChI=1S/C21H25N3O3S/c1-13(2)11-16-5-7-17(8-6-16)14(3)22-19(25)12-28-21-24-23-20(27-21)18-9-10-26-15(18)4/h5-10,13-14H,11-12H2,1-4H3,(H,22,25)/t14-/m1/s1. The predicted octanol–water partition coefficient (Wildman–Crippen LogP) is 4.81. The van der Waals surface area contributed by atoms with Crippen LogP contribution >= 0.6 is 11.8 Å². The van der Waals surface area contributed by atoms with Gasteiger partial charge in [-0.05, 0) is 43.4 Å².